The van der Waals surface area contributed by atoms with Gasteiger partial charge in [-0.05, 0) is 28.5 Å². The van der Waals surface area contributed by atoms with Gasteiger partial charge in [-0.25, -0.2) is 8.42 Å². The van der Waals surface area contributed by atoms with Gasteiger partial charge in [0.05, 0.1) is 11.4 Å². The second-order valence-corrected chi connectivity index (χ2v) is 11.2. The molecule has 1 heterocycles. The van der Waals surface area contributed by atoms with E-state index in [4.69, 9.17) is 0 Å². The average molecular weight is 485 g/mol. The molecule has 0 fully saturated rings. The van der Waals surface area contributed by atoms with E-state index in [-0.39, 0.29) is 11.4 Å². The monoisotopic (exact) mass is 484 g/mol. The molecule has 0 atom stereocenters. The first kappa shape index (κ1) is 22.4. The van der Waals surface area contributed by atoms with E-state index in [0.717, 1.165) is 25.2 Å². The molecule has 0 bridgehead atoms. The number of fused-ring (bicyclic) bond motifs is 1. The first-order valence-corrected chi connectivity index (χ1v) is 12.9. The maximum absolute atomic E-state index is 12.9. The molecule has 7 nitrogen and oxygen atoms in total. The molecule has 0 radical (unpaired) electrons. The van der Waals surface area contributed by atoms with Crippen LogP contribution < -0.4 is 5.32 Å². The highest BCUT2D eigenvalue weighted by atomic mass is 32.2. The number of nitrogens with one attached hydrogen (secondary N) is 1. The van der Waals surface area contributed by atoms with Gasteiger partial charge < -0.3 is 0 Å². The van der Waals surface area contributed by atoms with Crippen LogP contribution in [-0.4, -0.2) is 42.4 Å². The van der Waals surface area contributed by atoms with Gasteiger partial charge in [0, 0.05) is 12.8 Å². The van der Waals surface area contributed by atoms with Crippen molar-refractivity contribution in [3.8, 4) is 0 Å². The Hall–Kier alpha value is -2.79. The minimum absolute atomic E-state index is 0.141. The van der Waals surface area contributed by atoms with E-state index in [0.29, 0.717) is 5.13 Å². The molecule has 0 saturated heterocycles. The van der Waals surface area contributed by atoms with Gasteiger partial charge in [-0.1, -0.05) is 83.8 Å². The number of hydrogen-bond acceptors (Lipinski definition) is 7. The molecular formula is C22H20N4O3S3. The number of carbonyl (C=O) groups excluding carboxylic acids is 1. The summed E-state index contributed by atoms with van der Waals surface area (Å²) in [5, 5.41) is 12.8. The number of sulfonamides is 1. The van der Waals surface area contributed by atoms with Crippen molar-refractivity contribution in [2.75, 3.05) is 18.9 Å². The number of aromatic nitrogens is 2. The van der Waals surface area contributed by atoms with Crippen molar-refractivity contribution in [1.82, 2.24) is 14.5 Å². The van der Waals surface area contributed by atoms with E-state index in [9.17, 15) is 13.2 Å². The zero-order valence-corrected chi connectivity index (χ0v) is 19.6. The molecule has 164 valence electrons. The van der Waals surface area contributed by atoms with Crippen molar-refractivity contribution >= 4 is 54.9 Å². The summed E-state index contributed by atoms with van der Waals surface area (Å²) in [7, 11) is -2.44. The lowest BCUT2D eigenvalue weighted by Crippen LogP contribution is -2.34. The van der Waals surface area contributed by atoms with Gasteiger partial charge in [-0.15, -0.1) is 10.2 Å². The van der Waals surface area contributed by atoms with E-state index < -0.39 is 15.9 Å². The van der Waals surface area contributed by atoms with Crippen LogP contribution in [0.15, 0.2) is 82.0 Å². The molecule has 4 rings (SSSR count). The maximum atomic E-state index is 12.9. The molecule has 4 aromatic rings. The van der Waals surface area contributed by atoms with E-state index >= 15 is 0 Å². The third-order valence-corrected chi connectivity index (χ3v) is 8.50. The minimum atomic E-state index is -3.82. The molecule has 1 amide bonds. The highest BCUT2D eigenvalue weighted by Crippen LogP contribution is 2.28. The Morgan fingerprint density at radius 1 is 1.00 bits per heavy atom. The minimum Gasteiger partial charge on any atom is -0.299 e. The number of anilines is 1. The summed E-state index contributed by atoms with van der Waals surface area (Å²) in [4.78, 5) is 12.6. The Bertz CT molecular complexity index is 1340. The van der Waals surface area contributed by atoms with Crippen molar-refractivity contribution < 1.29 is 13.2 Å². The van der Waals surface area contributed by atoms with Gasteiger partial charge in [0.2, 0.25) is 21.1 Å². The van der Waals surface area contributed by atoms with Crippen LogP contribution >= 0.6 is 23.1 Å². The maximum Gasteiger partial charge on any atom is 0.243 e. The first-order valence-electron chi connectivity index (χ1n) is 9.67. The molecule has 1 aromatic heterocycles. The second kappa shape index (κ2) is 9.78. The highest BCUT2D eigenvalue weighted by molar-refractivity contribution is 8.00. The Morgan fingerprint density at radius 3 is 2.50 bits per heavy atom. The molecule has 1 N–H and O–H groups in total. The summed E-state index contributed by atoms with van der Waals surface area (Å²) in [6.45, 7) is -0.332. The fraction of sp³-hybridized carbons (Fsp3) is 0.136. The number of likely N-dealkylation sites (N-methyl/N-ethyl adjacent to an activating group) is 1. The average Bonchev–Trinajstić information content (AvgIpc) is 3.25. The van der Waals surface area contributed by atoms with Crippen LogP contribution in [0.25, 0.3) is 10.8 Å². The van der Waals surface area contributed by atoms with Gasteiger partial charge in [0.1, 0.15) is 0 Å². The van der Waals surface area contributed by atoms with Crippen molar-refractivity contribution in [3.63, 3.8) is 0 Å². The molecule has 10 heteroatoms. The van der Waals surface area contributed by atoms with Gasteiger partial charge in [0.15, 0.2) is 4.34 Å². The van der Waals surface area contributed by atoms with Gasteiger partial charge in [-0.2, -0.15) is 4.31 Å². The summed E-state index contributed by atoms with van der Waals surface area (Å²) in [6, 6.07) is 22.4. The van der Waals surface area contributed by atoms with Crippen molar-refractivity contribution in [2.45, 2.75) is 15.0 Å². The summed E-state index contributed by atoms with van der Waals surface area (Å²) >= 11 is 2.78. The van der Waals surface area contributed by atoms with Gasteiger partial charge >= 0.3 is 0 Å². The van der Waals surface area contributed by atoms with Gasteiger partial charge in [0.25, 0.3) is 0 Å². The predicted molar refractivity (Wildman–Crippen MR) is 128 cm³/mol. The van der Waals surface area contributed by atoms with Crippen molar-refractivity contribution in [2.24, 2.45) is 0 Å². The fourth-order valence-electron chi connectivity index (χ4n) is 2.99. The molecule has 3 aromatic carbocycles. The quantitative estimate of drug-likeness (QED) is 0.297. The zero-order valence-electron chi connectivity index (χ0n) is 17.1. The topological polar surface area (TPSA) is 92.3 Å². The van der Waals surface area contributed by atoms with Gasteiger partial charge in [-0.3, -0.25) is 10.1 Å². The van der Waals surface area contributed by atoms with Crippen LogP contribution in [0.2, 0.25) is 0 Å². The molecule has 0 unspecified atom stereocenters. The lowest BCUT2D eigenvalue weighted by molar-refractivity contribution is -0.116. The lowest BCUT2D eigenvalue weighted by Gasteiger charge is -2.16. The predicted octanol–water partition coefficient (Wildman–Crippen LogP) is 4.24. The highest BCUT2D eigenvalue weighted by Gasteiger charge is 2.23. The smallest absolute Gasteiger partial charge is 0.243 e. The molecule has 0 spiro atoms. The van der Waals surface area contributed by atoms with E-state index in [1.807, 2.05) is 54.6 Å². The molecule has 0 saturated carbocycles. The third kappa shape index (κ3) is 5.33. The summed E-state index contributed by atoms with van der Waals surface area (Å²) in [5.74, 6) is 0.267. The Balaban J connectivity index is 1.36. The number of hydrogen-bond donors (Lipinski definition) is 1. The summed E-state index contributed by atoms with van der Waals surface area (Å²) in [6.07, 6.45) is 0. The Labute approximate surface area is 194 Å². The lowest BCUT2D eigenvalue weighted by atomic mass is 10.1. The van der Waals surface area contributed by atoms with Crippen LogP contribution in [-0.2, 0) is 20.6 Å². The molecule has 0 aliphatic heterocycles. The van der Waals surface area contributed by atoms with Crippen LogP contribution in [0.4, 0.5) is 5.13 Å². The number of benzene rings is 3. The third-order valence-electron chi connectivity index (χ3n) is 4.65. The molecular weight excluding hydrogens is 464 g/mol. The zero-order chi connectivity index (χ0) is 22.6. The SMILES string of the molecule is CN(CC(=O)Nc1nnc(SCc2ccccc2)s1)S(=O)(=O)c1ccc2ccccc2c1. The Morgan fingerprint density at radius 2 is 1.72 bits per heavy atom. The van der Waals surface area contributed by atoms with Crippen LogP contribution in [0.5, 0.6) is 0 Å². The standard InChI is InChI=1S/C22H20N4O3S3/c1-26(32(28,29)19-12-11-17-9-5-6-10-18(17)13-19)14-20(27)23-21-24-25-22(31-21)30-15-16-7-3-2-4-8-16/h2-13H,14-15H2,1H3,(H,23,24,27). The van der Waals surface area contributed by atoms with Crippen molar-refractivity contribution in [1.29, 1.82) is 0 Å². The molecule has 0 aliphatic rings. The van der Waals surface area contributed by atoms with E-state index in [1.54, 1.807) is 18.2 Å². The number of nitrogens with zero attached hydrogens (tertiary/aromatic N) is 3. The number of amides is 1. The fourth-order valence-corrected chi connectivity index (χ4v) is 5.88. The van der Waals surface area contributed by atoms with E-state index in [1.165, 1.54) is 35.7 Å². The summed E-state index contributed by atoms with van der Waals surface area (Å²) in [5.41, 5.74) is 1.17. The number of thioether (sulfide) groups is 1. The van der Waals surface area contributed by atoms with Crippen LogP contribution in [0.1, 0.15) is 5.56 Å². The second-order valence-electron chi connectivity index (χ2n) is 6.97. The number of carbonyl (C=O) groups is 1. The molecule has 0 aliphatic carbocycles. The Kier molecular flexibility index (Phi) is 6.85. The number of rotatable bonds is 8. The first-order chi connectivity index (χ1) is 15.4. The summed E-state index contributed by atoms with van der Waals surface area (Å²) < 4.78 is 27.6. The van der Waals surface area contributed by atoms with Crippen LogP contribution in [0.3, 0.4) is 0 Å². The van der Waals surface area contributed by atoms with Crippen molar-refractivity contribution in [3.05, 3.63) is 78.4 Å². The normalized spacial score (nSPS) is 11.7. The van der Waals surface area contributed by atoms with Crippen LogP contribution in [0, 0.1) is 0 Å². The molecule has 32 heavy (non-hydrogen) atoms. The largest absolute Gasteiger partial charge is 0.299 e. The van der Waals surface area contributed by atoms with E-state index in [2.05, 4.69) is 15.5 Å².